The summed E-state index contributed by atoms with van der Waals surface area (Å²) in [4.78, 5) is 2.72. The highest BCUT2D eigenvalue weighted by Gasteiger charge is 2.11. The Balaban J connectivity index is 0.000000185. The lowest BCUT2D eigenvalue weighted by Gasteiger charge is -2.00. The molecule has 118 valence electrons. The molecule has 2 aromatic carbocycles. The number of thiophene rings is 1. The summed E-state index contributed by atoms with van der Waals surface area (Å²) in [6.45, 7) is 4.32. The molecule has 0 fully saturated rings. The van der Waals surface area contributed by atoms with Gasteiger partial charge in [0.1, 0.15) is 0 Å². The molecule has 1 aromatic heterocycles. The number of aryl methyl sites for hydroxylation is 2. The largest absolute Gasteiger partial charge is 0.488 e. The first kappa shape index (κ1) is 18.0. The molecule has 0 saturated heterocycles. The lowest BCUT2D eigenvalue weighted by Crippen LogP contribution is -2.29. The summed E-state index contributed by atoms with van der Waals surface area (Å²) in [5.41, 5.74) is 3.16. The molecule has 5 heteroatoms. The second-order valence-corrected chi connectivity index (χ2v) is 7.28. The van der Waals surface area contributed by atoms with Gasteiger partial charge in [-0.3, -0.25) is 0 Å². The zero-order valence-corrected chi connectivity index (χ0v) is 15.4. The monoisotopic (exact) mass is 388 g/mol. The molecular formula is C18H18BBrO2S. The van der Waals surface area contributed by atoms with Gasteiger partial charge in [-0.2, -0.15) is 0 Å². The Bertz CT molecular complexity index is 742. The third-order valence-corrected chi connectivity index (χ3v) is 5.62. The van der Waals surface area contributed by atoms with Gasteiger partial charge in [0.15, 0.2) is 0 Å². The van der Waals surface area contributed by atoms with E-state index in [0.717, 1.165) is 0 Å². The van der Waals surface area contributed by atoms with E-state index in [4.69, 9.17) is 10.0 Å². The van der Waals surface area contributed by atoms with E-state index in [2.05, 4.69) is 54.0 Å². The van der Waals surface area contributed by atoms with Crippen LogP contribution < -0.4 is 5.46 Å². The van der Waals surface area contributed by atoms with Crippen LogP contribution in [-0.2, 0) is 0 Å². The Labute approximate surface area is 149 Å². The highest BCUT2D eigenvalue weighted by Crippen LogP contribution is 2.39. The van der Waals surface area contributed by atoms with Gasteiger partial charge in [-0.05, 0) is 40.8 Å². The van der Waals surface area contributed by atoms with Crippen LogP contribution >= 0.6 is 27.3 Å². The van der Waals surface area contributed by atoms with Crippen molar-refractivity contribution >= 4 is 39.8 Å². The Morgan fingerprint density at radius 2 is 1.35 bits per heavy atom. The van der Waals surface area contributed by atoms with Crippen LogP contribution in [0.4, 0.5) is 0 Å². The van der Waals surface area contributed by atoms with Gasteiger partial charge >= 0.3 is 7.12 Å². The normalized spacial score (nSPS) is 9.96. The van der Waals surface area contributed by atoms with E-state index < -0.39 is 7.12 Å². The van der Waals surface area contributed by atoms with E-state index in [1.165, 1.54) is 25.4 Å². The van der Waals surface area contributed by atoms with Crippen molar-refractivity contribution < 1.29 is 10.0 Å². The Kier molecular flexibility index (Phi) is 6.60. The molecule has 2 nitrogen and oxygen atoms in total. The van der Waals surface area contributed by atoms with Crippen molar-refractivity contribution in [1.82, 2.24) is 0 Å². The summed E-state index contributed by atoms with van der Waals surface area (Å²) >= 11 is 5.49. The molecule has 0 radical (unpaired) electrons. The van der Waals surface area contributed by atoms with Crippen molar-refractivity contribution in [1.29, 1.82) is 0 Å². The van der Waals surface area contributed by atoms with Gasteiger partial charge in [-0.1, -0.05) is 60.7 Å². The van der Waals surface area contributed by atoms with Crippen molar-refractivity contribution in [3.8, 4) is 11.1 Å². The molecule has 0 atom stereocenters. The van der Waals surface area contributed by atoms with Crippen molar-refractivity contribution in [3.05, 3.63) is 74.9 Å². The van der Waals surface area contributed by atoms with Crippen LogP contribution in [0.25, 0.3) is 11.1 Å². The Morgan fingerprint density at radius 1 is 0.826 bits per heavy atom. The van der Waals surface area contributed by atoms with Crippen LogP contribution in [-0.4, -0.2) is 17.2 Å². The fourth-order valence-corrected chi connectivity index (χ4v) is 4.09. The van der Waals surface area contributed by atoms with E-state index in [-0.39, 0.29) is 0 Å². The van der Waals surface area contributed by atoms with E-state index >= 15 is 0 Å². The maximum absolute atomic E-state index is 8.58. The minimum Gasteiger partial charge on any atom is -0.423 e. The van der Waals surface area contributed by atoms with Gasteiger partial charge in [-0.25, -0.2) is 0 Å². The van der Waals surface area contributed by atoms with E-state index in [0.29, 0.717) is 5.46 Å². The molecular weight excluding hydrogens is 371 g/mol. The fourth-order valence-electron chi connectivity index (χ4n) is 2.22. The predicted molar refractivity (Wildman–Crippen MR) is 103 cm³/mol. The molecule has 0 bridgehead atoms. The second kappa shape index (κ2) is 8.46. The molecule has 0 unspecified atom stereocenters. The third kappa shape index (κ3) is 4.79. The smallest absolute Gasteiger partial charge is 0.423 e. The number of rotatable bonds is 2. The average molecular weight is 389 g/mol. The van der Waals surface area contributed by atoms with Crippen LogP contribution in [0.1, 0.15) is 9.75 Å². The van der Waals surface area contributed by atoms with Crippen LogP contribution in [0.5, 0.6) is 0 Å². The number of hydrogen-bond donors (Lipinski definition) is 2. The van der Waals surface area contributed by atoms with E-state index in [1.54, 1.807) is 24.3 Å². The van der Waals surface area contributed by atoms with E-state index in [1.807, 2.05) is 23.5 Å². The summed E-state index contributed by atoms with van der Waals surface area (Å²) < 4.78 is 1.24. The van der Waals surface area contributed by atoms with Crippen molar-refractivity contribution in [3.63, 3.8) is 0 Å². The summed E-state index contributed by atoms with van der Waals surface area (Å²) in [6.07, 6.45) is 0. The first-order valence-corrected chi connectivity index (χ1v) is 8.83. The number of halogens is 1. The molecule has 0 amide bonds. The standard InChI is InChI=1S/C12H11BrS.C6H7BO2/c1-8-11(12(13)9(2)14-8)10-6-4-3-5-7-10;8-7(9)6-4-2-1-3-5-6/h3-7H,1-2H3;1-5,8-9H. The van der Waals surface area contributed by atoms with Gasteiger partial charge < -0.3 is 10.0 Å². The molecule has 3 rings (SSSR count). The zero-order valence-electron chi connectivity index (χ0n) is 13.0. The summed E-state index contributed by atoms with van der Waals surface area (Å²) in [7, 11) is -1.34. The molecule has 3 aromatic rings. The quantitative estimate of drug-likeness (QED) is 0.647. The van der Waals surface area contributed by atoms with E-state index in [9.17, 15) is 0 Å². The zero-order chi connectivity index (χ0) is 16.8. The molecule has 0 spiro atoms. The minimum absolute atomic E-state index is 0.525. The average Bonchev–Trinajstić information content (AvgIpc) is 2.82. The molecule has 2 N–H and O–H groups in total. The molecule has 1 heterocycles. The maximum atomic E-state index is 8.58. The van der Waals surface area contributed by atoms with Crippen LogP contribution in [0.15, 0.2) is 65.1 Å². The molecule has 0 aliphatic rings. The minimum atomic E-state index is -1.34. The summed E-state index contributed by atoms with van der Waals surface area (Å²) in [6, 6.07) is 19.2. The summed E-state index contributed by atoms with van der Waals surface area (Å²) in [5.74, 6) is 0. The fraction of sp³-hybridized carbons (Fsp3) is 0.111. The van der Waals surface area contributed by atoms with Gasteiger partial charge in [0.05, 0.1) is 0 Å². The van der Waals surface area contributed by atoms with Crippen molar-refractivity contribution in [2.24, 2.45) is 0 Å². The Hall–Kier alpha value is -1.40. The van der Waals surface area contributed by atoms with Gasteiger partial charge in [0.2, 0.25) is 0 Å². The lowest BCUT2D eigenvalue weighted by molar-refractivity contribution is 0.426. The Morgan fingerprint density at radius 3 is 1.74 bits per heavy atom. The first-order chi connectivity index (χ1) is 11.0. The van der Waals surface area contributed by atoms with Crippen LogP contribution in [0, 0.1) is 13.8 Å². The van der Waals surface area contributed by atoms with Crippen molar-refractivity contribution in [2.45, 2.75) is 13.8 Å². The van der Waals surface area contributed by atoms with Gasteiger partial charge in [-0.15, -0.1) is 11.3 Å². The highest BCUT2D eigenvalue weighted by molar-refractivity contribution is 9.10. The number of hydrogen-bond acceptors (Lipinski definition) is 3. The van der Waals surface area contributed by atoms with Gasteiger partial charge in [0.25, 0.3) is 0 Å². The topological polar surface area (TPSA) is 40.5 Å². The summed E-state index contributed by atoms with van der Waals surface area (Å²) in [5, 5.41) is 17.2. The van der Waals surface area contributed by atoms with Gasteiger partial charge in [0, 0.05) is 19.8 Å². The van der Waals surface area contributed by atoms with Crippen LogP contribution in [0.3, 0.4) is 0 Å². The second-order valence-electron chi connectivity index (χ2n) is 5.05. The highest BCUT2D eigenvalue weighted by atomic mass is 79.9. The molecule has 0 aliphatic carbocycles. The lowest BCUT2D eigenvalue weighted by atomic mass is 9.81. The molecule has 0 aliphatic heterocycles. The SMILES string of the molecule is Cc1sc(C)c(-c2ccccc2)c1Br.OB(O)c1ccccc1. The first-order valence-electron chi connectivity index (χ1n) is 7.22. The molecule has 0 saturated carbocycles. The number of benzene rings is 2. The predicted octanol–water partition coefficient (Wildman–Crippen LogP) is 4.16. The van der Waals surface area contributed by atoms with Crippen LogP contribution in [0.2, 0.25) is 0 Å². The maximum Gasteiger partial charge on any atom is 0.488 e. The molecule has 23 heavy (non-hydrogen) atoms. The third-order valence-electron chi connectivity index (χ3n) is 3.35. The van der Waals surface area contributed by atoms with Crippen molar-refractivity contribution in [2.75, 3.05) is 0 Å².